The number of hydrogen-bond donors (Lipinski definition) is 2. The molecule has 2 N–H and O–H groups in total. The van der Waals surface area contributed by atoms with Gasteiger partial charge in [-0.25, -0.2) is 4.79 Å². The molecule has 142 valence electrons. The van der Waals surface area contributed by atoms with Crippen LogP contribution < -0.4 is 5.56 Å². The summed E-state index contributed by atoms with van der Waals surface area (Å²) < 4.78 is 40.7. The number of nitrogens with zero attached hydrogens (tertiary/aromatic N) is 2. The summed E-state index contributed by atoms with van der Waals surface area (Å²) in [7, 11) is 1.41. The number of aromatic nitrogens is 2. The van der Waals surface area contributed by atoms with E-state index in [1.54, 1.807) is 13.0 Å². The van der Waals surface area contributed by atoms with Crippen molar-refractivity contribution >= 4 is 16.9 Å². The first kappa shape index (κ1) is 18.6. The molecule has 0 fully saturated rings. The standard InChI is InChI=1S/C18H15F3N2O4/c1-3-10-8-12-13(15(24)14(17(26)27)22(12)2)16(25)23(10)11-6-4-9(5-7-11)18(19,20)21/h4-8,24H,3H2,1-2H3,(H,26,27). The fourth-order valence-corrected chi connectivity index (χ4v) is 3.12. The summed E-state index contributed by atoms with van der Waals surface area (Å²) in [6.07, 6.45) is -4.14. The van der Waals surface area contributed by atoms with Crippen molar-refractivity contribution in [1.29, 1.82) is 0 Å². The number of pyridine rings is 1. The van der Waals surface area contributed by atoms with E-state index in [0.717, 1.165) is 24.3 Å². The highest BCUT2D eigenvalue weighted by atomic mass is 19.4. The number of carbonyl (C=O) groups is 1. The van der Waals surface area contributed by atoms with Gasteiger partial charge in [-0.2, -0.15) is 13.2 Å². The van der Waals surface area contributed by atoms with E-state index in [1.165, 1.54) is 16.2 Å². The first-order valence-electron chi connectivity index (χ1n) is 7.95. The van der Waals surface area contributed by atoms with E-state index >= 15 is 0 Å². The summed E-state index contributed by atoms with van der Waals surface area (Å²) in [5, 5.41) is 19.3. The molecular weight excluding hydrogens is 365 g/mol. The fourth-order valence-electron chi connectivity index (χ4n) is 3.12. The van der Waals surface area contributed by atoms with E-state index in [-0.39, 0.29) is 16.6 Å². The van der Waals surface area contributed by atoms with Crippen LogP contribution in [-0.4, -0.2) is 25.3 Å². The summed E-state index contributed by atoms with van der Waals surface area (Å²) in [6.45, 7) is 1.75. The summed E-state index contributed by atoms with van der Waals surface area (Å²) in [4.78, 5) is 24.3. The lowest BCUT2D eigenvalue weighted by atomic mass is 10.1. The molecule has 0 atom stereocenters. The van der Waals surface area contributed by atoms with Crippen LogP contribution in [0.4, 0.5) is 13.2 Å². The average molecular weight is 380 g/mol. The van der Waals surface area contributed by atoms with Crippen molar-refractivity contribution in [3.8, 4) is 11.4 Å². The third-order valence-electron chi connectivity index (χ3n) is 4.44. The normalized spacial score (nSPS) is 11.9. The number of carboxylic acid groups (broad SMARTS) is 1. The number of aryl methyl sites for hydroxylation is 2. The predicted octanol–water partition coefficient (Wildman–Crippen LogP) is 3.31. The molecule has 0 saturated carbocycles. The molecule has 0 unspecified atom stereocenters. The molecular formula is C18H15F3N2O4. The van der Waals surface area contributed by atoms with Crippen LogP contribution >= 0.6 is 0 Å². The third-order valence-corrected chi connectivity index (χ3v) is 4.44. The van der Waals surface area contributed by atoms with Crippen LogP contribution in [0, 0.1) is 0 Å². The fraction of sp³-hybridized carbons (Fsp3) is 0.222. The van der Waals surface area contributed by atoms with Crippen LogP contribution in [0.1, 0.15) is 28.7 Å². The molecule has 2 heterocycles. The van der Waals surface area contributed by atoms with Gasteiger partial charge < -0.3 is 14.8 Å². The third kappa shape index (κ3) is 2.84. The van der Waals surface area contributed by atoms with Crippen molar-refractivity contribution in [3.63, 3.8) is 0 Å². The predicted molar refractivity (Wildman–Crippen MR) is 91.5 cm³/mol. The molecule has 0 aliphatic carbocycles. The van der Waals surface area contributed by atoms with E-state index < -0.39 is 34.7 Å². The number of aromatic hydroxyl groups is 1. The molecule has 6 nitrogen and oxygen atoms in total. The molecule has 2 aromatic heterocycles. The Balaban J connectivity index is 2.34. The van der Waals surface area contributed by atoms with Crippen LogP contribution in [0.5, 0.6) is 5.75 Å². The molecule has 0 saturated heterocycles. The van der Waals surface area contributed by atoms with Crippen molar-refractivity contribution in [1.82, 2.24) is 9.13 Å². The Morgan fingerprint density at radius 2 is 1.78 bits per heavy atom. The smallest absolute Gasteiger partial charge is 0.416 e. The van der Waals surface area contributed by atoms with Gasteiger partial charge in [0.05, 0.1) is 11.1 Å². The minimum absolute atomic E-state index is 0.187. The number of alkyl halides is 3. The highest BCUT2D eigenvalue weighted by Gasteiger charge is 2.30. The lowest BCUT2D eigenvalue weighted by molar-refractivity contribution is -0.137. The Morgan fingerprint density at radius 3 is 2.26 bits per heavy atom. The quantitative estimate of drug-likeness (QED) is 0.730. The lowest BCUT2D eigenvalue weighted by Crippen LogP contribution is -2.22. The Morgan fingerprint density at radius 1 is 1.19 bits per heavy atom. The SMILES string of the molecule is CCc1cc2c(c(O)c(C(=O)O)n2C)c(=O)n1-c1ccc(C(F)(F)F)cc1. The average Bonchev–Trinajstić information content (AvgIpc) is 2.84. The van der Waals surface area contributed by atoms with E-state index in [2.05, 4.69) is 0 Å². The van der Waals surface area contributed by atoms with Crippen molar-refractivity contribution in [3.05, 3.63) is 57.6 Å². The second-order valence-corrected chi connectivity index (χ2v) is 6.00. The Bertz CT molecular complexity index is 1110. The minimum Gasteiger partial charge on any atom is -0.505 e. The van der Waals surface area contributed by atoms with Crippen molar-refractivity contribution < 1.29 is 28.2 Å². The van der Waals surface area contributed by atoms with Gasteiger partial charge in [0.2, 0.25) is 0 Å². The largest absolute Gasteiger partial charge is 0.505 e. The number of hydrogen-bond acceptors (Lipinski definition) is 3. The lowest BCUT2D eigenvalue weighted by Gasteiger charge is -2.14. The number of halogens is 3. The highest BCUT2D eigenvalue weighted by Crippen LogP contribution is 2.32. The van der Waals surface area contributed by atoms with Crippen LogP contribution in [0.3, 0.4) is 0 Å². The zero-order valence-electron chi connectivity index (χ0n) is 14.3. The van der Waals surface area contributed by atoms with Crippen LogP contribution in [0.15, 0.2) is 35.1 Å². The number of rotatable bonds is 3. The molecule has 9 heteroatoms. The van der Waals surface area contributed by atoms with Gasteiger partial charge in [-0.15, -0.1) is 0 Å². The van der Waals surface area contributed by atoms with Gasteiger partial charge >= 0.3 is 12.1 Å². The maximum Gasteiger partial charge on any atom is 0.416 e. The van der Waals surface area contributed by atoms with Crippen molar-refractivity contribution in [2.45, 2.75) is 19.5 Å². The van der Waals surface area contributed by atoms with Crippen LogP contribution in [0.2, 0.25) is 0 Å². The first-order chi connectivity index (χ1) is 12.6. The van der Waals surface area contributed by atoms with Crippen molar-refractivity contribution in [2.75, 3.05) is 0 Å². The first-order valence-corrected chi connectivity index (χ1v) is 7.95. The number of aromatic carboxylic acids is 1. The summed E-state index contributed by atoms with van der Waals surface area (Å²) >= 11 is 0. The molecule has 0 bridgehead atoms. The maximum atomic E-state index is 13.0. The maximum absolute atomic E-state index is 13.0. The molecule has 0 aliphatic rings. The number of fused-ring (bicyclic) bond motifs is 1. The van der Waals surface area contributed by atoms with Gasteiger partial charge in [0.1, 0.15) is 5.39 Å². The van der Waals surface area contributed by atoms with Crippen molar-refractivity contribution in [2.24, 2.45) is 7.05 Å². The zero-order chi connectivity index (χ0) is 20.1. The summed E-state index contributed by atoms with van der Waals surface area (Å²) in [6, 6.07) is 5.58. The Hall–Kier alpha value is -3.23. The van der Waals surface area contributed by atoms with Gasteiger partial charge in [-0.05, 0) is 36.8 Å². The highest BCUT2D eigenvalue weighted by molar-refractivity contribution is 6.00. The van der Waals surface area contributed by atoms with Gasteiger partial charge in [0.15, 0.2) is 11.4 Å². The molecule has 27 heavy (non-hydrogen) atoms. The van der Waals surface area contributed by atoms with Crippen LogP contribution in [-0.2, 0) is 19.6 Å². The van der Waals surface area contributed by atoms with Crippen LogP contribution in [0.25, 0.3) is 16.6 Å². The summed E-state index contributed by atoms with van der Waals surface area (Å²) in [5.74, 6) is -2.07. The molecule has 1 aromatic carbocycles. The number of carboxylic acids is 1. The number of benzene rings is 1. The van der Waals surface area contributed by atoms with Gasteiger partial charge in [0, 0.05) is 18.4 Å². The molecule has 3 aromatic rings. The van der Waals surface area contributed by atoms with E-state index in [9.17, 15) is 33.0 Å². The van der Waals surface area contributed by atoms with Gasteiger partial charge in [-0.3, -0.25) is 9.36 Å². The van der Waals surface area contributed by atoms with Gasteiger partial charge in [0.25, 0.3) is 5.56 Å². The molecule has 0 aliphatic heterocycles. The second kappa shape index (κ2) is 6.19. The minimum atomic E-state index is -4.50. The van der Waals surface area contributed by atoms with E-state index in [4.69, 9.17) is 0 Å². The van der Waals surface area contributed by atoms with E-state index in [1.807, 2.05) is 0 Å². The zero-order valence-corrected chi connectivity index (χ0v) is 14.3. The Labute approximate surface area is 150 Å². The molecule has 0 spiro atoms. The molecule has 3 rings (SSSR count). The summed E-state index contributed by atoms with van der Waals surface area (Å²) in [5.41, 5.74) is -1.11. The van der Waals surface area contributed by atoms with E-state index in [0.29, 0.717) is 12.1 Å². The molecule has 0 amide bonds. The second-order valence-electron chi connectivity index (χ2n) is 6.00. The monoisotopic (exact) mass is 380 g/mol. The Kier molecular flexibility index (Phi) is 4.25. The van der Waals surface area contributed by atoms with Gasteiger partial charge in [-0.1, -0.05) is 6.92 Å². The topological polar surface area (TPSA) is 84.5 Å². The molecule has 0 radical (unpaired) electrons.